The number of nitrogens with zero attached hydrogens (tertiary/aromatic N) is 1. The van der Waals surface area contributed by atoms with Crippen molar-refractivity contribution in [3.8, 4) is 0 Å². The Hall–Kier alpha value is -1.88. The van der Waals surface area contributed by atoms with E-state index in [1.807, 2.05) is 6.07 Å². The highest BCUT2D eigenvalue weighted by molar-refractivity contribution is 7.09. The summed E-state index contributed by atoms with van der Waals surface area (Å²) in [5.41, 5.74) is 1.02. The third kappa shape index (κ3) is 3.30. The average molecular weight is 262 g/mol. The van der Waals surface area contributed by atoms with Crippen LogP contribution in [0.4, 0.5) is 11.4 Å². The lowest BCUT2D eigenvalue weighted by Gasteiger charge is -2.14. The van der Waals surface area contributed by atoms with Crippen LogP contribution in [-0.4, -0.2) is 11.0 Å². The highest BCUT2D eigenvalue weighted by atomic mass is 32.1. The van der Waals surface area contributed by atoms with Gasteiger partial charge in [0.15, 0.2) is 0 Å². The number of nitro benzene ring substituents is 1. The molecule has 4 nitrogen and oxygen atoms in total. The zero-order valence-corrected chi connectivity index (χ0v) is 10.8. The first kappa shape index (κ1) is 12.6. The van der Waals surface area contributed by atoms with Gasteiger partial charge < -0.3 is 5.32 Å². The molecule has 1 heterocycles. The van der Waals surface area contributed by atoms with E-state index in [9.17, 15) is 10.1 Å². The lowest BCUT2D eigenvalue weighted by atomic mass is 10.2. The Morgan fingerprint density at radius 1 is 1.33 bits per heavy atom. The van der Waals surface area contributed by atoms with E-state index in [-0.39, 0.29) is 5.69 Å². The molecular formula is C13H14N2O2S. The summed E-state index contributed by atoms with van der Waals surface area (Å²) in [6.45, 7) is 2.10. The fourth-order valence-electron chi connectivity index (χ4n) is 1.75. The summed E-state index contributed by atoms with van der Waals surface area (Å²) in [6, 6.07) is 11.0. The molecule has 1 N–H and O–H groups in total. The summed E-state index contributed by atoms with van der Waals surface area (Å²) in [5, 5.41) is 15.9. The molecule has 0 amide bonds. The van der Waals surface area contributed by atoms with Gasteiger partial charge >= 0.3 is 0 Å². The van der Waals surface area contributed by atoms with Gasteiger partial charge in [0.25, 0.3) is 5.69 Å². The van der Waals surface area contributed by atoms with Crippen molar-refractivity contribution in [2.75, 3.05) is 5.32 Å². The number of nitro groups is 1. The Labute approximate surface area is 109 Å². The number of anilines is 1. The van der Waals surface area contributed by atoms with Crippen molar-refractivity contribution < 1.29 is 4.92 Å². The number of benzene rings is 1. The first-order valence-electron chi connectivity index (χ1n) is 5.68. The average Bonchev–Trinajstić information content (AvgIpc) is 2.82. The van der Waals surface area contributed by atoms with Crippen LogP contribution in [0.1, 0.15) is 11.8 Å². The molecule has 5 heteroatoms. The monoisotopic (exact) mass is 262 g/mol. The molecular weight excluding hydrogens is 248 g/mol. The van der Waals surface area contributed by atoms with E-state index in [2.05, 4.69) is 23.7 Å². The quantitative estimate of drug-likeness (QED) is 0.660. The lowest BCUT2D eigenvalue weighted by molar-refractivity contribution is -0.384. The second kappa shape index (κ2) is 5.64. The van der Waals surface area contributed by atoms with Crippen molar-refractivity contribution in [2.45, 2.75) is 19.4 Å². The van der Waals surface area contributed by atoms with Crippen molar-refractivity contribution in [1.82, 2.24) is 0 Å². The predicted octanol–water partition coefficient (Wildman–Crippen LogP) is 3.70. The topological polar surface area (TPSA) is 55.2 Å². The minimum atomic E-state index is -0.390. The van der Waals surface area contributed by atoms with E-state index in [0.29, 0.717) is 6.04 Å². The maximum absolute atomic E-state index is 10.5. The lowest BCUT2D eigenvalue weighted by Crippen LogP contribution is -2.17. The summed E-state index contributed by atoms with van der Waals surface area (Å²) in [6.07, 6.45) is 0.953. The zero-order valence-electron chi connectivity index (χ0n) is 10.00. The molecule has 0 spiro atoms. The van der Waals surface area contributed by atoms with Crippen molar-refractivity contribution in [3.05, 3.63) is 56.8 Å². The summed E-state index contributed by atoms with van der Waals surface area (Å²) >= 11 is 1.74. The van der Waals surface area contributed by atoms with Gasteiger partial charge in [0.05, 0.1) is 4.92 Å². The minimum absolute atomic E-state index is 0.117. The van der Waals surface area contributed by atoms with Crippen LogP contribution in [0, 0.1) is 10.1 Å². The Morgan fingerprint density at radius 3 is 2.61 bits per heavy atom. The third-order valence-corrected chi connectivity index (χ3v) is 3.48. The first-order valence-corrected chi connectivity index (χ1v) is 6.56. The number of rotatable bonds is 5. The van der Waals surface area contributed by atoms with Gasteiger partial charge in [-0.15, -0.1) is 11.3 Å². The van der Waals surface area contributed by atoms with Gasteiger partial charge in [-0.1, -0.05) is 6.07 Å². The van der Waals surface area contributed by atoms with Crippen LogP contribution < -0.4 is 5.32 Å². The van der Waals surface area contributed by atoms with Gasteiger partial charge in [-0.25, -0.2) is 0 Å². The number of hydrogen-bond donors (Lipinski definition) is 1. The van der Waals surface area contributed by atoms with E-state index < -0.39 is 4.92 Å². The van der Waals surface area contributed by atoms with Gasteiger partial charge in [-0.05, 0) is 30.5 Å². The van der Waals surface area contributed by atoms with Gasteiger partial charge in [-0.3, -0.25) is 10.1 Å². The van der Waals surface area contributed by atoms with Crippen molar-refractivity contribution in [1.29, 1.82) is 0 Å². The first-order chi connectivity index (χ1) is 8.65. The standard InChI is InChI=1S/C13H14N2O2S/c1-10(9-13-3-2-8-18-13)14-11-4-6-12(7-5-11)15(16)17/h2-8,10,14H,9H2,1H3. The van der Waals surface area contributed by atoms with Gasteiger partial charge in [0.1, 0.15) is 0 Å². The van der Waals surface area contributed by atoms with E-state index >= 15 is 0 Å². The molecule has 0 saturated carbocycles. The van der Waals surface area contributed by atoms with Gasteiger partial charge in [0, 0.05) is 35.2 Å². The molecule has 1 aromatic carbocycles. The molecule has 0 aliphatic rings. The molecule has 1 unspecified atom stereocenters. The summed E-state index contributed by atoms with van der Waals surface area (Å²) in [5.74, 6) is 0. The van der Waals surface area contributed by atoms with Crippen LogP contribution in [0.2, 0.25) is 0 Å². The van der Waals surface area contributed by atoms with Crippen LogP contribution in [0.5, 0.6) is 0 Å². The minimum Gasteiger partial charge on any atom is -0.382 e. The molecule has 94 valence electrons. The van der Waals surface area contributed by atoms with Crippen molar-refractivity contribution in [2.24, 2.45) is 0 Å². The number of nitrogens with one attached hydrogen (secondary N) is 1. The summed E-state index contributed by atoms with van der Waals surface area (Å²) < 4.78 is 0. The highest BCUT2D eigenvalue weighted by Gasteiger charge is 2.07. The molecule has 18 heavy (non-hydrogen) atoms. The van der Waals surface area contributed by atoms with Crippen LogP contribution in [-0.2, 0) is 6.42 Å². The smallest absolute Gasteiger partial charge is 0.269 e. The Balaban J connectivity index is 1.94. The van der Waals surface area contributed by atoms with Crippen molar-refractivity contribution in [3.63, 3.8) is 0 Å². The molecule has 2 aromatic rings. The fraction of sp³-hybridized carbons (Fsp3) is 0.231. The Bertz CT molecular complexity index is 508. The van der Waals surface area contributed by atoms with Crippen LogP contribution >= 0.6 is 11.3 Å². The van der Waals surface area contributed by atoms with E-state index in [4.69, 9.17) is 0 Å². The largest absolute Gasteiger partial charge is 0.382 e. The molecule has 0 radical (unpaired) electrons. The number of thiophene rings is 1. The molecule has 0 saturated heterocycles. The molecule has 1 aromatic heterocycles. The second-order valence-electron chi connectivity index (χ2n) is 4.13. The van der Waals surface area contributed by atoms with Crippen LogP contribution in [0.3, 0.4) is 0 Å². The zero-order chi connectivity index (χ0) is 13.0. The normalized spacial score (nSPS) is 12.1. The fourth-order valence-corrected chi connectivity index (χ4v) is 2.58. The Kier molecular flexibility index (Phi) is 3.94. The molecule has 2 rings (SSSR count). The summed E-state index contributed by atoms with van der Waals surface area (Å²) in [7, 11) is 0. The summed E-state index contributed by atoms with van der Waals surface area (Å²) in [4.78, 5) is 11.5. The second-order valence-corrected chi connectivity index (χ2v) is 5.17. The number of hydrogen-bond acceptors (Lipinski definition) is 4. The molecule has 0 bridgehead atoms. The van der Waals surface area contributed by atoms with E-state index in [1.165, 1.54) is 17.0 Å². The highest BCUT2D eigenvalue weighted by Crippen LogP contribution is 2.18. The predicted molar refractivity (Wildman–Crippen MR) is 74.2 cm³/mol. The molecule has 0 aliphatic carbocycles. The van der Waals surface area contributed by atoms with E-state index in [0.717, 1.165) is 12.1 Å². The molecule has 0 aliphatic heterocycles. The third-order valence-electron chi connectivity index (χ3n) is 2.58. The van der Waals surface area contributed by atoms with Gasteiger partial charge in [-0.2, -0.15) is 0 Å². The number of non-ortho nitro benzene ring substituents is 1. The van der Waals surface area contributed by atoms with Crippen molar-refractivity contribution >= 4 is 22.7 Å². The SMILES string of the molecule is CC(Cc1cccs1)Nc1ccc([N+](=O)[O-])cc1. The molecule has 0 fully saturated rings. The van der Waals surface area contributed by atoms with E-state index in [1.54, 1.807) is 23.5 Å². The maximum atomic E-state index is 10.5. The van der Waals surface area contributed by atoms with Gasteiger partial charge in [0.2, 0.25) is 0 Å². The molecule has 1 atom stereocenters. The van der Waals surface area contributed by atoms with Crippen LogP contribution in [0.15, 0.2) is 41.8 Å². The maximum Gasteiger partial charge on any atom is 0.269 e. The van der Waals surface area contributed by atoms with Crippen LogP contribution in [0.25, 0.3) is 0 Å². The Morgan fingerprint density at radius 2 is 2.06 bits per heavy atom.